The number of benzene rings is 3. The number of nitrogens with one attached hydrogen (secondary N) is 2. The Morgan fingerprint density at radius 1 is 0.679 bits per heavy atom. The number of aryl methyl sites for hydroxylation is 2. The summed E-state index contributed by atoms with van der Waals surface area (Å²) in [6, 6.07) is 16.2. The SMILES string of the molecule is Cc1ccc(O)c(C(=O)Nc2ccccc2NC(=O)c2cc(C)ccc2O)c1. The van der Waals surface area contributed by atoms with Gasteiger partial charge in [-0.25, -0.2) is 0 Å². The number of carbonyl (C=O) groups is 2. The quantitative estimate of drug-likeness (QED) is 0.548. The van der Waals surface area contributed by atoms with Gasteiger partial charge in [0.05, 0.1) is 22.5 Å². The lowest BCUT2D eigenvalue weighted by atomic mass is 10.1. The number of para-hydroxylation sites is 2. The Labute approximate surface area is 162 Å². The fraction of sp³-hybridized carbons (Fsp3) is 0.0909. The van der Waals surface area contributed by atoms with Crippen molar-refractivity contribution in [3.05, 3.63) is 82.9 Å². The predicted octanol–water partition coefficient (Wildman–Crippen LogP) is 4.22. The summed E-state index contributed by atoms with van der Waals surface area (Å²) < 4.78 is 0. The molecule has 0 aliphatic carbocycles. The topological polar surface area (TPSA) is 98.7 Å². The largest absolute Gasteiger partial charge is 0.507 e. The molecule has 3 rings (SSSR count). The minimum Gasteiger partial charge on any atom is -0.507 e. The zero-order valence-corrected chi connectivity index (χ0v) is 15.5. The standard InChI is InChI=1S/C22H20N2O4/c1-13-7-9-19(25)15(11-13)21(27)23-17-5-3-4-6-18(17)24-22(28)16-12-14(2)8-10-20(16)26/h3-12,25-26H,1-2H3,(H,23,27)(H,24,28). The molecule has 6 nitrogen and oxygen atoms in total. The van der Waals surface area contributed by atoms with Gasteiger partial charge in [-0.15, -0.1) is 0 Å². The van der Waals surface area contributed by atoms with Crippen LogP contribution in [0.15, 0.2) is 60.7 Å². The molecule has 3 aromatic rings. The average molecular weight is 376 g/mol. The normalized spacial score (nSPS) is 10.4. The van der Waals surface area contributed by atoms with E-state index in [4.69, 9.17) is 0 Å². The third-order valence-electron chi connectivity index (χ3n) is 4.22. The summed E-state index contributed by atoms with van der Waals surface area (Å²) in [6.45, 7) is 3.64. The van der Waals surface area contributed by atoms with Crippen molar-refractivity contribution in [3.63, 3.8) is 0 Å². The minimum absolute atomic E-state index is 0.130. The molecule has 0 aromatic heterocycles. The summed E-state index contributed by atoms with van der Waals surface area (Å²) in [5, 5.41) is 25.3. The number of hydrogen-bond donors (Lipinski definition) is 4. The van der Waals surface area contributed by atoms with E-state index in [1.54, 1.807) is 48.5 Å². The monoisotopic (exact) mass is 376 g/mol. The highest BCUT2D eigenvalue weighted by molar-refractivity contribution is 6.11. The third-order valence-corrected chi connectivity index (χ3v) is 4.22. The van der Waals surface area contributed by atoms with E-state index in [1.807, 2.05) is 13.8 Å². The Morgan fingerprint density at radius 3 is 1.46 bits per heavy atom. The zero-order chi connectivity index (χ0) is 20.3. The van der Waals surface area contributed by atoms with E-state index >= 15 is 0 Å². The molecule has 0 saturated heterocycles. The first-order chi connectivity index (χ1) is 13.3. The summed E-state index contributed by atoms with van der Waals surface area (Å²) in [5.74, 6) is -1.26. The molecule has 4 N–H and O–H groups in total. The molecular formula is C22H20N2O4. The molecule has 0 heterocycles. The first kappa shape index (κ1) is 19.0. The van der Waals surface area contributed by atoms with Crippen LogP contribution < -0.4 is 10.6 Å². The van der Waals surface area contributed by atoms with Crippen LogP contribution in [0.4, 0.5) is 11.4 Å². The highest BCUT2D eigenvalue weighted by Crippen LogP contribution is 2.26. The van der Waals surface area contributed by atoms with E-state index in [2.05, 4.69) is 10.6 Å². The van der Waals surface area contributed by atoms with Gasteiger partial charge in [0.15, 0.2) is 0 Å². The fourth-order valence-electron chi connectivity index (χ4n) is 2.74. The molecule has 142 valence electrons. The highest BCUT2D eigenvalue weighted by Gasteiger charge is 2.16. The molecule has 0 aliphatic heterocycles. The Bertz CT molecular complexity index is 976. The van der Waals surface area contributed by atoms with Gasteiger partial charge in [-0.2, -0.15) is 0 Å². The van der Waals surface area contributed by atoms with E-state index in [1.165, 1.54) is 12.1 Å². The van der Waals surface area contributed by atoms with E-state index < -0.39 is 11.8 Å². The first-order valence-electron chi connectivity index (χ1n) is 8.66. The van der Waals surface area contributed by atoms with Crippen LogP contribution in [0.25, 0.3) is 0 Å². The van der Waals surface area contributed by atoms with Crippen molar-refractivity contribution in [3.8, 4) is 11.5 Å². The molecule has 0 spiro atoms. The summed E-state index contributed by atoms with van der Waals surface area (Å²) in [6.07, 6.45) is 0. The van der Waals surface area contributed by atoms with E-state index in [9.17, 15) is 19.8 Å². The Kier molecular flexibility index (Phi) is 5.31. The number of anilines is 2. The van der Waals surface area contributed by atoms with Gasteiger partial charge in [-0.1, -0.05) is 35.4 Å². The van der Waals surface area contributed by atoms with Crippen LogP contribution in [0, 0.1) is 13.8 Å². The van der Waals surface area contributed by atoms with Crippen LogP contribution in [0.3, 0.4) is 0 Å². The highest BCUT2D eigenvalue weighted by atomic mass is 16.3. The molecule has 28 heavy (non-hydrogen) atoms. The molecule has 0 radical (unpaired) electrons. The minimum atomic E-state index is -0.499. The molecule has 0 unspecified atom stereocenters. The van der Waals surface area contributed by atoms with Gasteiger partial charge in [0.25, 0.3) is 11.8 Å². The Morgan fingerprint density at radius 2 is 1.07 bits per heavy atom. The maximum atomic E-state index is 12.6. The van der Waals surface area contributed by atoms with Crippen molar-refractivity contribution >= 4 is 23.2 Å². The Balaban J connectivity index is 1.85. The van der Waals surface area contributed by atoms with Crippen molar-refractivity contribution in [1.82, 2.24) is 0 Å². The molecule has 3 aromatic carbocycles. The second-order valence-corrected chi connectivity index (χ2v) is 6.50. The molecular weight excluding hydrogens is 356 g/mol. The maximum absolute atomic E-state index is 12.6. The van der Waals surface area contributed by atoms with Crippen molar-refractivity contribution < 1.29 is 19.8 Å². The maximum Gasteiger partial charge on any atom is 0.259 e. The van der Waals surface area contributed by atoms with Crippen molar-refractivity contribution in [1.29, 1.82) is 0 Å². The van der Waals surface area contributed by atoms with Gasteiger partial charge in [-0.3, -0.25) is 9.59 Å². The molecule has 0 fully saturated rings. The van der Waals surface area contributed by atoms with Gasteiger partial charge < -0.3 is 20.8 Å². The van der Waals surface area contributed by atoms with Crippen LogP contribution in [0.1, 0.15) is 31.8 Å². The number of hydrogen-bond acceptors (Lipinski definition) is 4. The Hall–Kier alpha value is -3.80. The summed E-state index contributed by atoms with van der Waals surface area (Å²) >= 11 is 0. The van der Waals surface area contributed by atoms with Crippen molar-refractivity contribution in [2.75, 3.05) is 10.6 Å². The number of phenols is 2. The van der Waals surface area contributed by atoms with Crippen LogP contribution in [-0.4, -0.2) is 22.0 Å². The van der Waals surface area contributed by atoms with Gasteiger partial charge >= 0.3 is 0 Å². The lowest BCUT2D eigenvalue weighted by Gasteiger charge is -2.14. The second kappa shape index (κ2) is 7.84. The van der Waals surface area contributed by atoms with Gasteiger partial charge in [0.2, 0.25) is 0 Å². The van der Waals surface area contributed by atoms with Crippen LogP contribution in [0.5, 0.6) is 11.5 Å². The second-order valence-electron chi connectivity index (χ2n) is 6.50. The molecule has 6 heteroatoms. The van der Waals surface area contributed by atoms with Crippen LogP contribution in [0.2, 0.25) is 0 Å². The van der Waals surface area contributed by atoms with Crippen LogP contribution in [-0.2, 0) is 0 Å². The number of aromatic hydroxyl groups is 2. The summed E-state index contributed by atoms with van der Waals surface area (Å²) in [4.78, 5) is 25.1. The zero-order valence-electron chi connectivity index (χ0n) is 15.5. The van der Waals surface area contributed by atoms with Gasteiger partial charge in [-0.05, 0) is 50.2 Å². The number of rotatable bonds is 4. The molecule has 0 atom stereocenters. The lowest BCUT2D eigenvalue weighted by molar-refractivity contribution is 0.101. The summed E-state index contributed by atoms with van der Waals surface area (Å²) in [7, 11) is 0. The van der Waals surface area contributed by atoms with Gasteiger partial charge in [0, 0.05) is 0 Å². The average Bonchev–Trinajstić information content (AvgIpc) is 2.67. The van der Waals surface area contributed by atoms with E-state index in [0.717, 1.165) is 11.1 Å². The predicted molar refractivity (Wildman–Crippen MR) is 108 cm³/mol. The number of carbonyl (C=O) groups excluding carboxylic acids is 2. The summed E-state index contributed by atoms with van der Waals surface area (Å²) in [5.41, 5.74) is 2.68. The molecule has 0 aliphatic rings. The smallest absolute Gasteiger partial charge is 0.259 e. The molecule has 0 saturated carbocycles. The number of amides is 2. The van der Waals surface area contributed by atoms with Gasteiger partial charge in [0.1, 0.15) is 11.5 Å². The molecule has 0 bridgehead atoms. The lowest BCUT2D eigenvalue weighted by Crippen LogP contribution is -2.17. The third kappa shape index (κ3) is 4.12. The first-order valence-corrected chi connectivity index (χ1v) is 8.66. The number of phenolic OH excluding ortho intramolecular Hbond substituents is 2. The van der Waals surface area contributed by atoms with Crippen molar-refractivity contribution in [2.24, 2.45) is 0 Å². The molecule has 2 amide bonds. The fourth-order valence-corrected chi connectivity index (χ4v) is 2.74. The van der Waals surface area contributed by atoms with Crippen molar-refractivity contribution in [2.45, 2.75) is 13.8 Å². The van der Waals surface area contributed by atoms with Crippen LogP contribution >= 0.6 is 0 Å². The van der Waals surface area contributed by atoms with E-state index in [0.29, 0.717) is 11.4 Å². The van der Waals surface area contributed by atoms with E-state index in [-0.39, 0.29) is 22.6 Å².